The minimum Gasteiger partial charge on any atom is -0.313 e. The molecule has 0 aromatic heterocycles. The summed E-state index contributed by atoms with van der Waals surface area (Å²) in [7, 11) is 1.92. The van der Waals surface area contributed by atoms with E-state index in [0.717, 1.165) is 20.9 Å². The minimum absolute atomic E-state index is 0.137. The number of hydrogen-bond acceptors (Lipinski definition) is 1. The highest BCUT2D eigenvalue weighted by Gasteiger charge is 2.14. The molecule has 20 heavy (non-hydrogen) atoms. The van der Waals surface area contributed by atoms with Gasteiger partial charge in [-0.05, 0) is 55.8 Å². The molecular formula is C16H16Br2FN. The Bertz CT molecular complexity index is 593. The maximum absolute atomic E-state index is 13.5. The van der Waals surface area contributed by atoms with Gasteiger partial charge in [0.05, 0.1) is 0 Å². The van der Waals surface area contributed by atoms with Crippen LogP contribution in [0.1, 0.15) is 22.7 Å². The zero-order chi connectivity index (χ0) is 14.7. The fourth-order valence-corrected chi connectivity index (χ4v) is 3.30. The molecule has 1 unspecified atom stereocenters. The predicted octanol–water partition coefficient (Wildman–Crippen LogP) is 5.16. The molecule has 1 N–H and O–H groups in total. The van der Waals surface area contributed by atoms with Crippen LogP contribution in [0, 0.1) is 12.7 Å². The van der Waals surface area contributed by atoms with E-state index < -0.39 is 0 Å². The molecule has 0 aliphatic rings. The Labute approximate surface area is 135 Å². The molecule has 0 amide bonds. The topological polar surface area (TPSA) is 12.0 Å². The van der Waals surface area contributed by atoms with Crippen LogP contribution >= 0.6 is 31.9 Å². The van der Waals surface area contributed by atoms with Crippen molar-refractivity contribution in [3.63, 3.8) is 0 Å². The first-order valence-corrected chi connectivity index (χ1v) is 7.96. The Morgan fingerprint density at radius 2 is 1.90 bits per heavy atom. The summed E-state index contributed by atoms with van der Waals surface area (Å²) in [6.07, 6.45) is 0.731. The van der Waals surface area contributed by atoms with Gasteiger partial charge in [-0.2, -0.15) is 0 Å². The number of likely N-dealkylation sites (N-methyl/N-ethyl adjacent to an activating group) is 1. The van der Waals surface area contributed by atoms with E-state index in [2.05, 4.69) is 62.3 Å². The van der Waals surface area contributed by atoms with E-state index in [-0.39, 0.29) is 11.9 Å². The largest absolute Gasteiger partial charge is 0.313 e. The predicted molar refractivity (Wildman–Crippen MR) is 88.5 cm³/mol. The molecule has 0 saturated heterocycles. The van der Waals surface area contributed by atoms with Gasteiger partial charge in [0.15, 0.2) is 0 Å². The van der Waals surface area contributed by atoms with E-state index >= 15 is 0 Å². The Morgan fingerprint density at radius 1 is 1.15 bits per heavy atom. The van der Waals surface area contributed by atoms with Crippen molar-refractivity contribution < 1.29 is 4.39 Å². The van der Waals surface area contributed by atoms with Gasteiger partial charge in [-0.25, -0.2) is 4.39 Å². The summed E-state index contributed by atoms with van der Waals surface area (Å²) in [5, 5.41) is 3.31. The lowest BCUT2D eigenvalue weighted by Gasteiger charge is -2.19. The second-order valence-corrected chi connectivity index (χ2v) is 6.62. The summed E-state index contributed by atoms with van der Waals surface area (Å²) in [5.41, 5.74) is 3.36. The summed E-state index contributed by atoms with van der Waals surface area (Å²) < 4.78 is 15.3. The molecule has 0 saturated carbocycles. The molecular weight excluding hydrogens is 385 g/mol. The molecule has 0 fully saturated rings. The first kappa shape index (κ1) is 15.7. The van der Waals surface area contributed by atoms with Crippen molar-refractivity contribution >= 4 is 31.9 Å². The van der Waals surface area contributed by atoms with Crippen LogP contribution in [0.4, 0.5) is 4.39 Å². The maximum Gasteiger partial charge on any atom is 0.124 e. The van der Waals surface area contributed by atoms with Gasteiger partial charge in [0, 0.05) is 15.0 Å². The highest BCUT2D eigenvalue weighted by Crippen LogP contribution is 2.28. The number of hydrogen-bond donors (Lipinski definition) is 1. The third-order valence-corrected chi connectivity index (χ3v) is 4.42. The number of rotatable bonds is 4. The second-order valence-electron chi connectivity index (χ2n) is 4.85. The summed E-state index contributed by atoms with van der Waals surface area (Å²) >= 11 is 6.93. The maximum atomic E-state index is 13.5. The van der Waals surface area contributed by atoms with E-state index in [0.29, 0.717) is 0 Å². The van der Waals surface area contributed by atoms with E-state index in [9.17, 15) is 4.39 Å². The normalized spacial score (nSPS) is 12.4. The van der Waals surface area contributed by atoms with Crippen LogP contribution < -0.4 is 5.32 Å². The Balaban J connectivity index is 2.31. The van der Waals surface area contributed by atoms with Crippen molar-refractivity contribution in [2.24, 2.45) is 0 Å². The quantitative estimate of drug-likeness (QED) is 0.747. The first-order chi connectivity index (χ1) is 9.49. The van der Waals surface area contributed by atoms with Crippen molar-refractivity contribution in [3.8, 4) is 0 Å². The van der Waals surface area contributed by atoms with Crippen LogP contribution in [-0.2, 0) is 6.42 Å². The SMILES string of the molecule is CNC(Cc1cc(F)cc(Br)c1)c1cc(C)ccc1Br. The van der Waals surface area contributed by atoms with Crippen LogP contribution in [-0.4, -0.2) is 7.05 Å². The molecule has 0 spiro atoms. The Hall–Kier alpha value is -0.710. The van der Waals surface area contributed by atoms with E-state index in [1.165, 1.54) is 17.2 Å². The van der Waals surface area contributed by atoms with Gasteiger partial charge in [0.1, 0.15) is 5.82 Å². The number of aryl methyl sites for hydroxylation is 1. The van der Waals surface area contributed by atoms with Crippen molar-refractivity contribution in [1.29, 1.82) is 0 Å². The summed E-state index contributed by atoms with van der Waals surface area (Å²) in [6, 6.07) is 11.4. The minimum atomic E-state index is -0.215. The summed E-state index contributed by atoms with van der Waals surface area (Å²) in [4.78, 5) is 0. The van der Waals surface area contributed by atoms with Gasteiger partial charge >= 0.3 is 0 Å². The molecule has 0 radical (unpaired) electrons. The first-order valence-electron chi connectivity index (χ1n) is 6.38. The second kappa shape index (κ2) is 6.83. The molecule has 0 aliphatic carbocycles. The monoisotopic (exact) mass is 399 g/mol. The lowest BCUT2D eigenvalue weighted by Crippen LogP contribution is -2.19. The smallest absolute Gasteiger partial charge is 0.124 e. The zero-order valence-electron chi connectivity index (χ0n) is 11.4. The van der Waals surface area contributed by atoms with Crippen LogP contribution in [0.3, 0.4) is 0 Å². The molecule has 106 valence electrons. The standard InChI is InChI=1S/C16H16Br2FN/c1-10-3-4-15(18)14(5-10)16(20-2)8-11-6-12(17)9-13(19)7-11/h3-7,9,16,20H,8H2,1-2H3. The number of nitrogens with one attached hydrogen (secondary N) is 1. The van der Waals surface area contributed by atoms with Gasteiger partial charge in [0.2, 0.25) is 0 Å². The lowest BCUT2D eigenvalue weighted by molar-refractivity contribution is 0.581. The van der Waals surface area contributed by atoms with Gasteiger partial charge < -0.3 is 5.32 Å². The van der Waals surface area contributed by atoms with Crippen molar-refractivity contribution in [2.45, 2.75) is 19.4 Å². The lowest BCUT2D eigenvalue weighted by atomic mass is 9.97. The fraction of sp³-hybridized carbons (Fsp3) is 0.250. The molecule has 4 heteroatoms. The third-order valence-electron chi connectivity index (χ3n) is 3.24. The molecule has 1 atom stereocenters. The third kappa shape index (κ3) is 3.90. The molecule has 2 aromatic rings. The van der Waals surface area contributed by atoms with E-state index in [1.807, 2.05) is 13.1 Å². The van der Waals surface area contributed by atoms with Crippen molar-refractivity contribution in [2.75, 3.05) is 7.05 Å². The molecule has 2 rings (SSSR count). The molecule has 2 aromatic carbocycles. The average Bonchev–Trinajstić information content (AvgIpc) is 2.38. The average molecular weight is 401 g/mol. The van der Waals surface area contributed by atoms with Crippen LogP contribution in [0.5, 0.6) is 0 Å². The molecule has 1 nitrogen and oxygen atoms in total. The van der Waals surface area contributed by atoms with Crippen LogP contribution in [0.15, 0.2) is 45.3 Å². The van der Waals surface area contributed by atoms with Gasteiger partial charge in [-0.15, -0.1) is 0 Å². The number of benzene rings is 2. The Kier molecular flexibility index (Phi) is 5.35. The number of halogens is 3. The van der Waals surface area contributed by atoms with Crippen molar-refractivity contribution in [1.82, 2.24) is 5.32 Å². The van der Waals surface area contributed by atoms with E-state index in [1.54, 1.807) is 6.07 Å². The zero-order valence-corrected chi connectivity index (χ0v) is 14.6. The highest BCUT2D eigenvalue weighted by atomic mass is 79.9. The van der Waals surface area contributed by atoms with Crippen LogP contribution in [0.2, 0.25) is 0 Å². The van der Waals surface area contributed by atoms with Crippen LogP contribution in [0.25, 0.3) is 0 Å². The summed E-state index contributed by atoms with van der Waals surface area (Å²) in [6.45, 7) is 2.07. The summed E-state index contributed by atoms with van der Waals surface area (Å²) in [5.74, 6) is -0.215. The van der Waals surface area contributed by atoms with Gasteiger partial charge in [-0.1, -0.05) is 49.6 Å². The van der Waals surface area contributed by atoms with Gasteiger partial charge in [0.25, 0.3) is 0 Å². The van der Waals surface area contributed by atoms with Gasteiger partial charge in [-0.3, -0.25) is 0 Å². The van der Waals surface area contributed by atoms with Crippen molar-refractivity contribution in [3.05, 3.63) is 67.9 Å². The van der Waals surface area contributed by atoms with E-state index in [4.69, 9.17) is 0 Å². The fourth-order valence-electron chi connectivity index (χ4n) is 2.26. The highest BCUT2D eigenvalue weighted by molar-refractivity contribution is 9.10. The molecule has 0 aliphatic heterocycles. The Morgan fingerprint density at radius 3 is 2.55 bits per heavy atom. The molecule has 0 bridgehead atoms. The molecule has 0 heterocycles.